The second-order valence-corrected chi connectivity index (χ2v) is 13.1. The van der Waals surface area contributed by atoms with E-state index in [1.54, 1.807) is 0 Å². The van der Waals surface area contributed by atoms with Gasteiger partial charge in [-0.05, 0) is 59.1 Å². The smallest absolute Gasteiger partial charge is 0.255 e. The average Bonchev–Trinajstić information content (AvgIpc) is 3.31. The lowest BCUT2D eigenvalue weighted by Gasteiger charge is -2.23. The van der Waals surface area contributed by atoms with E-state index in [1.807, 2.05) is 36.0 Å². The van der Waals surface area contributed by atoms with Crippen LogP contribution in [0.1, 0.15) is 120 Å². The zero-order valence-electron chi connectivity index (χ0n) is 25.0. The van der Waals surface area contributed by atoms with Crippen LogP contribution >= 0.6 is 11.8 Å². The summed E-state index contributed by atoms with van der Waals surface area (Å²) in [6, 6.07) is 14.0. The lowest BCUT2D eigenvalue weighted by molar-refractivity contribution is 0.102. The van der Waals surface area contributed by atoms with Crippen molar-refractivity contribution in [2.24, 2.45) is 0 Å². The fraction of sp³-hybridized carbons (Fsp3) is 0.559. The molecular weight excluding hydrogens is 500 g/mol. The maximum absolute atomic E-state index is 13.2. The van der Waals surface area contributed by atoms with Gasteiger partial charge in [-0.25, -0.2) is 0 Å². The molecule has 3 rings (SSSR count). The van der Waals surface area contributed by atoms with Crippen molar-refractivity contribution in [3.63, 3.8) is 0 Å². The van der Waals surface area contributed by atoms with Crippen molar-refractivity contribution in [3.8, 4) is 5.75 Å². The number of amides is 1. The van der Waals surface area contributed by atoms with Crippen LogP contribution in [0, 0.1) is 0 Å². The number of nitrogens with one attached hydrogen (secondary N) is 1. The van der Waals surface area contributed by atoms with Crippen molar-refractivity contribution in [2.45, 2.75) is 111 Å². The average molecular weight is 551 g/mol. The van der Waals surface area contributed by atoms with Gasteiger partial charge >= 0.3 is 0 Å². The Morgan fingerprint density at radius 2 is 1.64 bits per heavy atom. The quantitative estimate of drug-likeness (QED) is 0.211. The molecule has 1 heterocycles. The Hall–Kier alpha value is -2.40. The molecule has 1 aliphatic rings. The molecule has 1 aliphatic heterocycles. The Bertz CT molecular complexity index is 1070. The van der Waals surface area contributed by atoms with Crippen molar-refractivity contribution in [1.82, 2.24) is 4.90 Å². The van der Waals surface area contributed by atoms with E-state index in [0.29, 0.717) is 12.2 Å². The number of ether oxygens (including phenoxy) is 1. The van der Waals surface area contributed by atoms with Crippen molar-refractivity contribution in [3.05, 3.63) is 70.3 Å². The molecule has 0 fully saturated rings. The minimum Gasteiger partial charge on any atom is -0.493 e. The second-order valence-electron chi connectivity index (χ2n) is 11.9. The highest BCUT2D eigenvalue weighted by molar-refractivity contribution is 8.03. The third-order valence-electron chi connectivity index (χ3n) is 7.20. The van der Waals surface area contributed by atoms with Gasteiger partial charge in [0.15, 0.2) is 0 Å². The zero-order valence-corrected chi connectivity index (χ0v) is 25.8. The van der Waals surface area contributed by atoms with Gasteiger partial charge in [0.25, 0.3) is 5.91 Å². The van der Waals surface area contributed by atoms with E-state index in [-0.39, 0.29) is 11.3 Å². The first-order valence-corrected chi connectivity index (χ1v) is 16.0. The van der Waals surface area contributed by atoms with Gasteiger partial charge in [-0.1, -0.05) is 104 Å². The monoisotopic (exact) mass is 550 g/mol. The van der Waals surface area contributed by atoms with Gasteiger partial charge in [0.05, 0.1) is 12.5 Å². The Kier molecular flexibility index (Phi) is 12.8. The highest BCUT2D eigenvalue weighted by Crippen LogP contribution is 2.33. The van der Waals surface area contributed by atoms with Crippen molar-refractivity contribution in [2.75, 3.05) is 17.8 Å². The summed E-state index contributed by atoms with van der Waals surface area (Å²) in [4.78, 5) is 16.8. The molecular formula is C34H50N2O2S. The number of hydrogen-bond donors (Lipinski definition) is 1. The molecule has 39 heavy (non-hydrogen) atoms. The van der Waals surface area contributed by atoms with E-state index in [2.05, 4.69) is 69.2 Å². The van der Waals surface area contributed by atoms with Crippen LogP contribution in [0.15, 0.2) is 53.6 Å². The summed E-state index contributed by atoms with van der Waals surface area (Å²) >= 11 is 1.86. The number of thioether (sulfide) groups is 1. The molecule has 214 valence electrons. The van der Waals surface area contributed by atoms with Gasteiger partial charge in [0.2, 0.25) is 0 Å². The molecule has 1 N–H and O–H groups in total. The van der Waals surface area contributed by atoms with E-state index in [0.717, 1.165) is 35.8 Å². The number of carbonyl (C=O) groups is 1. The zero-order chi connectivity index (χ0) is 28.1. The maximum Gasteiger partial charge on any atom is 0.255 e. The van der Waals surface area contributed by atoms with Crippen LogP contribution < -0.4 is 10.1 Å². The molecule has 2 aromatic carbocycles. The Morgan fingerprint density at radius 3 is 2.28 bits per heavy atom. The molecule has 0 saturated heterocycles. The van der Waals surface area contributed by atoms with E-state index in [9.17, 15) is 4.79 Å². The van der Waals surface area contributed by atoms with Crippen molar-refractivity contribution in [1.29, 1.82) is 0 Å². The Balaban J connectivity index is 1.52. The molecule has 5 heteroatoms. The summed E-state index contributed by atoms with van der Waals surface area (Å²) in [5.41, 5.74) is 3.71. The summed E-state index contributed by atoms with van der Waals surface area (Å²) in [5, 5.41) is 3.10. The predicted molar refractivity (Wildman–Crippen MR) is 169 cm³/mol. The summed E-state index contributed by atoms with van der Waals surface area (Å²) in [6.07, 6.45) is 15.2. The molecule has 0 spiro atoms. The van der Waals surface area contributed by atoms with Crippen LogP contribution in [-0.4, -0.2) is 23.3 Å². The number of benzene rings is 2. The van der Waals surface area contributed by atoms with Gasteiger partial charge in [-0.3, -0.25) is 4.79 Å². The third-order valence-corrected chi connectivity index (χ3v) is 8.22. The number of unbranched alkanes of at least 4 members (excludes halogenated alkanes) is 9. The Morgan fingerprint density at radius 1 is 0.949 bits per heavy atom. The summed E-state index contributed by atoms with van der Waals surface area (Å²) in [5.74, 6) is 1.70. The highest BCUT2D eigenvalue weighted by atomic mass is 32.2. The minimum atomic E-state index is -0.108. The fourth-order valence-electron chi connectivity index (χ4n) is 4.97. The second kappa shape index (κ2) is 16.0. The van der Waals surface area contributed by atoms with Gasteiger partial charge in [0, 0.05) is 24.0 Å². The minimum absolute atomic E-state index is 0.0584. The number of nitrogens with zero attached hydrogens (tertiary/aromatic N) is 1. The van der Waals surface area contributed by atoms with Gasteiger partial charge in [0.1, 0.15) is 5.75 Å². The number of rotatable bonds is 16. The van der Waals surface area contributed by atoms with Crippen molar-refractivity contribution >= 4 is 23.4 Å². The number of allylic oxidation sites excluding steroid dienone is 1. The first-order chi connectivity index (χ1) is 18.8. The summed E-state index contributed by atoms with van der Waals surface area (Å²) in [7, 11) is 0. The molecule has 0 radical (unpaired) electrons. The topological polar surface area (TPSA) is 41.6 Å². The molecule has 0 saturated carbocycles. The molecule has 1 amide bonds. The molecule has 2 aromatic rings. The lowest BCUT2D eigenvalue weighted by Crippen LogP contribution is -2.17. The van der Waals surface area contributed by atoms with E-state index in [4.69, 9.17) is 4.74 Å². The Labute approximate surface area is 242 Å². The van der Waals surface area contributed by atoms with E-state index >= 15 is 0 Å². The normalized spacial score (nSPS) is 13.5. The molecule has 0 unspecified atom stereocenters. The maximum atomic E-state index is 13.2. The SMILES string of the molecule is CCCCCCCCCCCCOc1cc(C(=O)Nc2cccc(CN3C=C(C)SC3)c2)ccc1C(C)(C)C. The van der Waals surface area contributed by atoms with Crippen LogP contribution in [-0.2, 0) is 12.0 Å². The standard InChI is InChI=1S/C34H50N2O2S/c1-6-7-8-9-10-11-12-13-14-15-21-38-32-23-29(19-20-31(32)34(3,4)5)33(37)35-30-18-16-17-28(22-30)25-36-24-27(2)39-26-36/h16-20,22-24H,6-15,21,25-26H2,1-5H3,(H,35,37). The predicted octanol–water partition coefficient (Wildman–Crippen LogP) is 9.90. The number of anilines is 1. The van der Waals surface area contributed by atoms with Crippen LogP contribution in [0.25, 0.3) is 0 Å². The fourth-order valence-corrected chi connectivity index (χ4v) is 5.73. The molecule has 0 aliphatic carbocycles. The molecule has 4 nitrogen and oxygen atoms in total. The number of hydrogen-bond acceptors (Lipinski definition) is 4. The highest BCUT2D eigenvalue weighted by Gasteiger charge is 2.21. The molecule has 0 aromatic heterocycles. The third kappa shape index (κ3) is 10.9. The summed E-state index contributed by atoms with van der Waals surface area (Å²) in [6.45, 7) is 12.5. The number of carbonyl (C=O) groups excluding carboxylic acids is 1. The van der Waals surface area contributed by atoms with Crippen LogP contribution in [0.2, 0.25) is 0 Å². The summed E-state index contributed by atoms with van der Waals surface area (Å²) < 4.78 is 6.29. The van der Waals surface area contributed by atoms with Gasteiger partial charge in [-0.15, -0.1) is 11.8 Å². The van der Waals surface area contributed by atoms with Gasteiger partial charge in [-0.2, -0.15) is 0 Å². The van der Waals surface area contributed by atoms with Crippen LogP contribution in [0.3, 0.4) is 0 Å². The van der Waals surface area contributed by atoms with E-state index in [1.165, 1.54) is 68.3 Å². The van der Waals surface area contributed by atoms with Gasteiger partial charge < -0.3 is 15.0 Å². The van der Waals surface area contributed by atoms with E-state index < -0.39 is 0 Å². The van der Waals surface area contributed by atoms with Crippen LogP contribution in [0.4, 0.5) is 5.69 Å². The largest absolute Gasteiger partial charge is 0.493 e. The molecule has 0 bridgehead atoms. The lowest BCUT2D eigenvalue weighted by atomic mass is 9.85. The van der Waals surface area contributed by atoms with Crippen LogP contribution in [0.5, 0.6) is 5.75 Å². The van der Waals surface area contributed by atoms with Crippen molar-refractivity contribution < 1.29 is 9.53 Å². The first kappa shape index (κ1) is 31.1. The first-order valence-electron chi connectivity index (χ1n) is 15.0. The molecule has 0 atom stereocenters.